The van der Waals surface area contributed by atoms with Crippen molar-refractivity contribution in [3.8, 4) is 0 Å². The van der Waals surface area contributed by atoms with Crippen molar-refractivity contribution in [1.29, 1.82) is 0 Å². The van der Waals surface area contributed by atoms with Crippen LogP contribution in [0.4, 0.5) is 0 Å². The zero-order valence-corrected chi connectivity index (χ0v) is 12.7. The second-order valence-corrected chi connectivity index (χ2v) is 6.12. The maximum absolute atomic E-state index is 11.7. The number of amides is 2. The lowest BCUT2D eigenvalue weighted by Crippen LogP contribution is -2.34. The summed E-state index contributed by atoms with van der Waals surface area (Å²) in [5.41, 5.74) is 0. The molecule has 1 fully saturated rings. The SMILES string of the molecule is O=C(CCC(=O)NC1CCCC1)NCCSc1ncn[nH]1. The van der Waals surface area contributed by atoms with Gasteiger partial charge in [0, 0.05) is 31.2 Å². The second-order valence-electron chi connectivity index (χ2n) is 5.04. The molecule has 3 N–H and O–H groups in total. The van der Waals surface area contributed by atoms with E-state index in [1.807, 2.05) is 0 Å². The van der Waals surface area contributed by atoms with Crippen molar-refractivity contribution in [3.05, 3.63) is 6.33 Å². The quantitative estimate of drug-likeness (QED) is 0.488. The van der Waals surface area contributed by atoms with Crippen LogP contribution in [0.15, 0.2) is 11.5 Å². The van der Waals surface area contributed by atoms with Gasteiger partial charge in [-0.05, 0) is 12.8 Å². The predicted molar refractivity (Wildman–Crippen MR) is 79.7 cm³/mol. The Hall–Kier alpha value is -1.57. The molecule has 1 heterocycles. The molecule has 0 aliphatic heterocycles. The van der Waals surface area contributed by atoms with E-state index in [2.05, 4.69) is 25.8 Å². The number of carbonyl (C=O) groups excluding carboxylic acids is 2. The minimum Gasteiger partial charge on any atom is -0.355 e. The van der Waals surface area contributed by atoms with Gasteiger partial charge in [-0.15, -0.1) is 0 Å². The molecule has 1 saturated carbocycles. The summed E-state index contributed by atoms with van der Waals surface area (Å²) in [6, 6.07) is 0.318. The zero-order valence-electron chi connectivity index (χ0n) is 11.9. The number of aromatic amines is 1. The van der Waals surface area contributed by atoms with Crippen LogP contribution < -0.4 is 10.6 Å². The van der Waals surface area contributed by atoms with Crippen molar-refractivity contribution >= 4 is 23.6 Å². The van der Waals surface area contributed by atoms with Gasteiger partial charge in [-0.3, -0.25) is 14.7 Å². The molecule has 0 radical (unpaired) electrons. The molecule has 0 bridgehead atoms. The minimum absolute atomic E-state index is 0.0203. The van der Waals surface area contributed by atoms with Crippen LogP contribution in [0.5, 0.6) is 0 Å². The van der Waals surface area contributed by atoms with E-state index in [1.54, 1.807) is 0 Å². The van der Waals surface area contributed by atoms with Crippen molar-refractivity contribution in [2.24, 2.45) is 0 Å². The Kier molecular flexibility index (Phi) is 6.52. The van der Waals surface area contributed by atoms with Gasteiger partial charge in [0.1, 0.15) is 6.33 Å². The smallest absolute Gasteiger partial charge is 0.220 e. The monoisotopic (exact) mass is 311 g/mol. The van der Waals surface area contributed by atoms with Gasteiger partial charge in [0.25, 0.3) is 0 Å². The van der Waals surface area contributed by atoms with Crippen LogP contribution in [0.1, 0.15) is 38.5 Å². The fourth-order valence-electron chi connectivity index (χ4n) is 2.29. The third kappa shape index (κ3) is 6.16. The number of hydrogen-bond donors (Lipinski definition) is 3. The number of nitrogens with zero attached hydrogens (tertiary/aromatic N) is 2. The average molecular weight is 311 g/mol. The molecule has 0 atom stereocenters. The molecule has 2 amide bonds. The Morgan fingerprint density at radius 1 is 1.29 bits per heavy atom. The van der Waals surface area contributed by atoms with Crippen molar-refractivity contribution in [1.82, 2.24) is 25.8 Å². The van der Waals surface area contributed by atoms with Gasteiger partial charge in [0.05, 0.1) is 0 Å². The van der Waals surface area contributed by atoms with Gasteiger partial charge in [0.2, 0.25) is 11.8 Å². The number of hydrogen-bond acceptors (Lipinski definition) is 5. The Morgan fingerprint density at radius 3 is 2.76 bits per heavy atom. The van der Waals surface area contributed by atoms with Crippen LogP contribution in [0, 0.1) is 0 Å². The third-order valence-electron chi connectivity index (χ3n) is 3.36. The van der Waals surface area contributed by atoms with E-state index < -0.39 is 0 Å². The molecule has 8 heteroatoms. The molecule has 0 aromatic carbocycles. The molecule has 116 valence electrons. The molecule has 1 aromatic heterocycles. The molecule has 0 spiro atoms. The highest BCUT2D eigenvalue weighted by atomic mass is 32.2. The van der Waals surface area contributed by atoms with Gasteiger partial charge in [-0.1, -0.05) is 24.6 Å². The van der Waals surface area contributed by atoms with Crippen LogP contribution in [0.25, 0.3) is 0 Å². The highest BCUT2D eigenvalue weighted by Gasteiger charge is 2.17. The lowest BCUT2D eigenvalue weighted by atomic mass is 10.2. The molecule has 7 nitrogen and oxygen atoms in total. The summed E-state index contributed by atoms with van der Waals surface area (Å²) in [5, 5.41) is 13.0. The number of carbonyl (C=O) groups is 2. The van der Waals surface area contributed by atoms with E-state index in [9.17, 15) is 9.59 Å². The normalized spacial score (nSPS) is 15.0. The van der Waals surface area contributed by atoms with Crippen molar-refractivity contribution in [2.75, 3.05) is 12.3 Å². The highest BCUT2D eigenvalue weighted by molar-refractivity contribution is 7.99. The summed E-state index contributed by atoms with van der Waals surface area (Å²) >= 11 is 1.49. The van der Waals surface area contributed by atoms with E-state index in [1.165, 1.54) is 30.9 Å². The summed E-state index contributed by atoms with van der Waals surface area (Å²) in [5.74, 6) is 0.609. The first-order valence-corrected chi connectivity index (χ1v) is 8.27. The van der Waals surface area contributed by atoms with Crippen molar-refractivity contribution in [2.45, 2.75) is 49.7 Å². The molecular weight excluding hydrogens is 290 g/mol. The van der Waals surface area contributed by atoms with Crippen LogP contribution in [0.2, 0.25) is 0 Å². The van der Waals surface area contributed by atoms with Crippen molar-refractivity contribution in [3.63, 3.8) is 0 Å². The maximum atomic E-state index is 11.7. The summed E-state index contributed by atoms with van der Waals surface area (Å²) in [7, 11) is 0. The fourth-order valence-corrected chi connectivity index (χ4v) is 2.92. The summed E-state index contributed by atoms with van der Waals surface area (Å²) in [4.78, 5) is 27.3. The second kappa shape index (κ2) is 8.66. The minimum atomic E-state index is -0.0882. The standard InChI is InChI=1S/C13H21N5O2S/c19-11(14-7-8-21-13-15-9-16-18-13)5-6-12(20)17-10-3-1-2-4-10/h9-10H,1-8H2,(H,14,19)(H,17,20)(H,15,16,18). The number of nitrogens with one attached hydrogen (secondary N) is 3. The number of aromatic nitrogens is 3. The topological polar surface area (TPSA) is 99.8 Å². The first-order chi connectivity index (χ1) is 10.2. The molecule has 1 aliphatic rings. The summed E-state index contributed by atoms with van der Waals surface area (Å²) in [6.07, 6.45) is 6.46. The van der Waals surface area contributed by atoms with E-state index >= 15 is 0 Å². The van der Waals surface area contributed by atoms with Gasteiger partial charge < -0.3 is 10.6 Å². The van der Waals surface area contributed by atoms with E-state index in [4.69, 9.17) is 0 Å². The maximum Gasteiger partial charge on any atom is 0.220 e. The molecular formula is C13H21N5O2S. The van der Waals surface area contributed by atoms with Gasteiger partial charge in [-0.25, -0.2) is 4.98 Å². The Morgan fingerprint density at radius 2 is 2.05 bits per heavy atom. The summed E-state index contributed by atoms with van der Waals surface area (Å²) < 4.78 is 0. The molecule has 1 aliphatic carbocycles. The third-order valence-corrected chi connectivity index (χ3v) is 4.23. The zero-order chi connectivity index (χ0) is 14.9. The Balaban J connectivity index is 1.49. The molecule has 0 saturated heterocycles. The summed E-state index contributed by atoms with van der Waals surface area (Å²) in [6.45, 7) is 0.550. The Labute approximate surface area is 128 Å². The lowest BCUT2D eigenvalue weighted by Gasteiger charge is -2.11. The highest BCUT2D eigenvalue weighted by Crippen LogP contribution is 2.17. The fraction of sp³-hybridized carbons (Fsp3) is 0.692. The molecule has 2 rings (SSSR count). The predicted octanol–water partition coefficient (Wildman–Crippen LogP) is 0.852. The van der Waals surface area contributed by atoms with Crippen molar-refractivity contribution < 1.29 is 9.59 Å². The van der Waals surface area contributed by atoms with E-state index in [-0.39, 0.29) is 24.7 Å². The molecule has 0 unspecified atom stereocenters. The van der Waals surface area contributed by atoms with Crippen LogP contribution in [0.3, 0.4) is 0 Å². The van der Waals surface area contributed by atoms with Gasteiger partial charge in [0.15, 0.2) is 5.16 Å². The lowest BCUT2D eigenvalue weighted by molar-refractivity contribution is -0.126. The molecule has 1 aromatic rings. The van der Waals surface area contributed by atoms with E-state index in [0.29, 0.717) is 12.6 Å². The number of H-pyrrole nitrogens is 1. The van der Waals surface area contributed by atoms with Crippen LogP contribution in [-0.2, 0) is 9.59 Å². The Bertz CT molecular complexity index is 445. The first-order valence-electron chi connectivity index (χ1n) is 7.28. The molecule has 21 heavy (non-hydrogen) atoms. The van der Waals surface area contributed by atoms with Gasteiger partial charge in [-0.2, -0.15) is 5.10 Å². The van der Waals surface area contributed by atoms with Crippen LogP contribution in [-0.4, -0.2) is 45.3 Å². The number of rotatable bonds is 8. The van der Waals surface area contributed by atoms with E-state index in [0.717, 1.165) is 23.8 Å². The number of thioether (sulfide) groups is 1. The van der Waals surface area contributed by atoms with Crippen LogP contribution >= 0.6 is 11.8 Å². The van der Waals surface area contributed by atoms with Gasteiger partial charge >= 0.3 is 0 Å². The largest absolute Gasteiger partial charge is 0.355 e. The average Bonchev–Trinajstić information content (AvgIpc) is 3.14. The first kappa shape index (κ1) is 15.8.